The number of hydrogen-bond donors (Lipinski definition) is 1. The van der Waals surface area contributed by atoms with E-state index in [1.54, 1.807) is 12.1 Å². The number of nitrogens with zero attached hydrogens (tertiary/aromatic N) is 2. The molecule has 6 nitrogen and oxygen atoms in total. The summed E-state index contributed by atoms with van der Waals surface area (Å²) >= 11 is 0. The zero-order valence-electron chi connectivity index (χ0n) is 18.0. The molecule has 1 saturated carbocycles. The Morgan fingerprint density at radius 3 is 2.34 bits per heavy atom. The Morgan fingerprint density at radius 2 is 1.69 bits per heavy atom. The van der Waals surface area contributed by atoms with E-state index < -0.39 is 10.2 Å². The van der Waals surface area contributed by atoms with Crippen LogP contribution in [0.5, 0.6) is 0 Å². The predicted octanol–water partition coefficient (Wildman–Crippen LogP) is 3.79. The molecule has 0 aromatic heterocycles. The molecule has 1 aliphatic carbocycles. The summed E-state index contributed by atoms with van der Waals surface area (Å²) in [4.78, 5) is 2.49. The normalized spacial score (nSPS) is 19.0. The van der Waals surface area contributed by atoms with E-state index in [1.807, 2.05) is 19.1 Å². The predicted molar refractivity (Wildman–Crippen MR) is 118 cm³/mol. The van der Waals surface area contributed by atoms with Gasteiger partial charge in [-0.05, 0) is 71.2 Å². The van der Waals surface area contributed by atoms with Crippen molar-refractivity contribution >= 4 is 15.9 Å². The van der Waals surface area contributed by atoms with Crippen molar-refractivity contribution in [1.82, 2.24) is 9.21 Å². The average molecular weight is 424 g/mol. The van der Waals surface area contributed by atoms with Crippen molar-refractivity contribution in [2.75, 3.05) is 38.0 Å². The van der Waals surface area contributed by atoms with Crippen molar-refractivity contribution < 1.29 is 13.2 Å². The highest BCUT2D eigenvalue weighted by Gasteiger charge is 2.28. The molecule has 0 unspecified atom stereocenters. The Bertz CT molecular complexity index is 711. The number of piperidine rings is 1. The SMILES string of the molecule is Cc1ccc(NS(=O)(=O)N2CCC(OCCCCCCN(C)C3CC3)CC2)cc1. The minimum atomic E-state index is -3.49. The molecule has 0 radical (unpaired) electrons. The molecule has 2 aliphatic rings. The van der Waals surface area contributed by atoms with E-state index in [1.165, 1.54) is 43.0 Å². The highest BCUT2D eigenvalue weighted by Crippen LogP contribution is 2.25. The van der Waals surface area contributed by atoms with E-state index in [0.29, 0.717) is 18.8 Å². The first-order chi connectivity index (χ1) is 13.9. The smallest absolute Gasteiger partial charge is 0.301 e. The highest BCUT2D eigenvalue weighted by atomic mass is 32.2. The lowest BCUT2D eigenvalue weighted by atomic mass is 10.1. The first-order valence-corrected chi connectivity index (χ1v) is 12.5. The van der Waals surface area contributed by atoms with Crippen molar-refractivity contribution in [3.05, 3.63) is 29.8 Å². The molecule has 1 saturated heterocycles. The summed E-state index contributed by atoms with van der Waals surface area (Å²) < 4.78 is 35.3. The first-order valence-electron chi connectivity index (χ1n) is 11.1. The van der Waals surface area contributed by atoms with Crippen molar-refractivity contribution in [1.29, 1.82) is 0 Å². The largest absolute Gasteiger partial charge is 0.378 e. The van der Waals surface area contributed by atoms with Crippen LogP contribution in [0, 0.1) is 6.92 Å². The number of hydrogen-bond acceptors (Lipinski definition) is 4. The second kappa shape index (κ2) is 10.8. The molecule has 1 aromatic carbocycles. The highest BCUT2D eigenvalue weighted by molar-refractivity contribution is 7.90. The van der Waals surface area contributed by atoms with Crippen LogP contribution in [-0.2, 0) is 14.9 Å². The van der Waals surface area contributed by atoms with E-state index in [0.717, 1.165) is 37.5 Å². The summed E-state index contributed by atoms with van der Waals surface area (Å²) in [6.07, 6.45) is 9.33. The zero-order valence-corrected chi connectivity index (χ0v) is 18.8. The van der Waals surface area contributed by atoms with Gasteiger partial charge in [-0.3, -0.25) is 4.72 Å². The molecule has 1 aromatic rings. The molecule has 1 N–H and O–H groups in total. The van der Waals surface area contributed by atoms with E-state index in [4.69, 9.17) is 4.74 Å². The fourth-order valence-electron chi connectivity index (χ4n) is 3.84. The molecule has 164 valence electrons. The van der Waals surface area contributed by atoms with Crippen LogP contribution < -0.4 is 4.72 Å². The van der Waals surface area contributed by atoms with Crippen LogP contribution >= 0.6 is 0 Å². The number of nitrogens with one attached hydrogen (secondary N) is 1. The van der Waals surface area contributed by atoms with Gasteiger partial charge in [-0.1, -0.05) is 30.5 Å². The number of anilines is 1. The maximum atomic E-state index is 12.6. The van der Waals surface area contributed by atoms with E-state index in [-0.39, 0.29) is 6.10 Å². The first kappa shape index (κ1) is 22.5. The molecular weight excluding hydrogens is 386 g/mol. The van der Waals surface area contributed by atoms with E-state index in [9.17, 15) is 8.42 Å². The monoisotopic (exact) mass is 423 g/mol. The molecule has 1 heterocycles. The Labute approximate surface area is 176 Å². The molecule has 0 bridgehead atoms. The van der Waals surface area contributed by atoms with Gasteiger partial charge in [-0.2, -0.15) is 12.7 Å². The number of unbranched alkanes of at least 4 members (excludes halogenated alkanes) is 3. The summed E-state index contributed by atoms with van der Waals surface area (Å²) in [6, 6.07) is 8.27. The van der Waals surface area contributed by atoms with Gasteiger partial charge >= 0.3 is 10.2 Å². The second-order valence-corrected chi connectivity index (χ2v) is 10.2. The van der Waals surface area contributed by atoms with Gasteiger partial charge in [-0.25, -0.2) is 0 Å². The third-order valence-corrected chi connectivity index (χ3v) is 7.51. The van der Waals surface area contributed by atoms with E-state index in [2.05, 4.69) is 16.7 Å². The standard InChI is InChI=1S/C22H37N3O3S/c1-19-7-9-20(10-8-19)23-29(26,27)25-16-13-22(14-17-25)28-18-6-4-3-5-15-24(2)21-11-12-21/h7-10,21-23H,3-6,11-18H2,1-2H3. The Hall–Kier alpha value is -1.15. The van der Waals surface area contributed by atoms with Gasteiger partial charge in [0.1, 0.15) is 0 Å². The average Bonchev–Trinajstić information content (AvgIpc) is 3.54. The van der Waals surface area contributed by atoms with Crippen molar-refractivity contribution in [3.8, 4) is 0 Å². The lowest BCUT2D eigenvalue weighted by Crippen LogP contribution is -2.43. The molecule has 7 heteroatoms. The van der Waals surface area contributed by atoms with Gasteiger partial charge in [-0.15, -0.1) is 0 Å². The van der Waals surface area contributed by atoms with Gasteiger partial charge < -0.3 is 9.64 Å². The number of ether oxygens (including phenoxy) is 1. The van der Waals surface area contributed by atoms with Crippen LogP contribution in [0.3, 0.4) is 0 Å². The van der Waals surface area contributed by atoms with Crippen LogP contribution in [0.15, 0.2) is 24.3 Å². The van der Waals surface area contributed by atoms with Gasteiger partial charge in [0, 0.05) is 31.4 Å². The quantitative estimate of drug-likeness (QED) is 0.520. The van der Waals surface area contributed by atoms with Crippen LogP contribution in [0.2, 0.25) is 0 Å². The van der Waals surface area contributed by atoms with Crippen LogP contribution in [0.1, 0.15) is 56.9 Å². The van der Waals surface area contributed by atoms with Crippen LogP contribution in [0.4, 0.5) is 5.69 Å². The second-order valence-electron chi connectivity index (χ2n) is 8.57. The van der Waals surface area contributed by atoms with Crippen molar-refractivity contribution in [3.63, 3.8) is 0 Å². The van der Waals surface area contributed by atoms with Crippen LogP contribution in [-0.4, -0.2) is 63.1 Å². The fourth-order valence-corrected chi connectivity index (χ4v) is 5.09. The maximum Gasteiger partial charge on any atom is 0.301 e. The fraction of sp³-hybridized carbons (Fsp3) is 0.727. The molecular formula is C22H37N3O3S. The molecule has 0 spiro atoms. The lowest BCUT2D eigenvalue weighted by Gasteiger charge is -2.31. The minimum Gasteiger partial charge on any atom is -0.378 e. The third-order valence-electron chi connectivity index (χ3n) is 5.97. The van der Waals surface area contributed by atoms with Gasteiger partial charge in [0.15, 0.2) is 0 Å². The summed E-state index contributed by atoms with van der Waals surface area (Å²) in [7, 11) is -1.25. The Balaban J connectivity index is 1.26. The molecule has 2 fully saturated rings. The zero-order chi connectivity index (χ0) is 20.7. The molecule has 1 aliphatic heterocycles. The summed E-state index contributed by atoms with van der Waals surface area (Å²) in [5, 5.41) is 0. The topological polar surface area (TPSA) is 61.9 Å². The van der Waals surface area contributed by atoms with Crippen molar-refractivity contribution in [2.45, 2.75) is 70.4 Å². The van der Waals surface area contributed by atoms with E-state index >= 15 is 0 Å². The number of aryl methyl sites for hydroxylation is 1. The molecule has 0 atom stereocenters. The van der Waals surface area contributed by atoms with Gasteiger partial charge in [0.25, 0.3) is 0 Å². The van der Waals surface area contributed by atoms with Gasteiger partial charge in [0.2, 0.25) is 0 Å². The molecule has 29 heavy (non-hydrogen) atoms. The summed E-state index contributed by atoms with van der Waals surface area (Å²) in [5.41, 5.74) is 1.72. The molecule has 0 amide bonds. The Morgan fingerprint density at radius 1 is 1.03 bits per heavy atom. The van der Waals surface area contributed by atoms with Crippen LogP contribution in [0.25, 0.3) is 0 Å². The number of rotatable bonds is 12. The lowest BCUT2D eigenvalue weighted by molar-refractivity contribution is 0.0193. The minimum absolute atomic E-state index is 0.182. The third kappa shape index (κ3) is 7.55. The van der Waals surface area contributed by atoms with Gasteiger partial charge in [0.05, 0.1) is 6.10 Å². The molecule has 3 rings (SSSR count). The maximum absolute atomic E-state index is 12.6. The summed E-state index contributed by atoms with van der Waals surface area (Å²) in [5.74, 6) is 0. The van der Waals surface area contributed by atoms with Crippen molar-refractivity contribution in [2.24, 2.45) is 0 Å². The summed E-state index contributed by atoms with van der Waals surface area (Å²) in [6.45, 7) is 5.02. The number of benzene rings is 1. The Kier molecular flexibility index (Phi) is 8.35.